The zero-order chi connectivity index (χ0) is 72.5. The van der Waals surface area contributed by atoms with Crippen LogP contribution in [0.15, 0.2) is 12.2 Å². The van der Waals surface area contributed by atoms with Crippen LogP contribution in [0.5, 0.6) is 0 Å². The fourth-order valence-electron chi connectivity index (χ4n) is 14.6. The number of allylic oxidation sites excluding steroid dienone is 1. The number of nitrogens with one attached hydrogen (secondary N) is 1. The van der Waals surface area contributed by atoms with E-state index >= 15 is 0 Å². The number of unbranched alkanes of at least 4 members (excludes halogenated alkanes) is 52. The Morgan fingerprint density at radius 1 is 0.350 bits per heavy atom. The van der Waals surface area contributed by atoms with Crippen molar-refractivity contribution in [1.82, 2.24) is 5.32 Å². The molecule has 1 amide bonds. The standard InChI is InChI=1S/C81H155NO18/c1-3-5-7-9-11-13-15-17-19-20-21-22-23-24-25-26-27-28-29-30-31-32-33-34-35-36-37-38-39-40-41-42-43-44-45-47-49-51-53-55-57-59-69(87)82-64(65(86)58-56-54-52-50-48-46-18-16-14-12-10-8-6-4-2)63-95-79-75(93)72(90)77(67(61-84)97-79)100-81-76(94)73(91)78(68(62-85)98-81)99-80-74(92)71(89)70(88)66(60-83)96-80/h56,58,64-68,70-81,83-86,88-94H,3-55,57,59-63H2,1-2H3,(H,82,87)/b58-56+. The minimum atomic E-state index is -1.98. The minimum Gasteiger partial charge on any atom is -0.394 e. The number of amides is 1. The van der Waals surface area contributed by atoms with Crippen molar-refractivity contribution in [2.75, 3.05) is 26.4 Å². The highest BCUT2D eigenvalue weighted by Gasteiger charge is 2.54. The van der Waals surface area contributed by atoms with Gasteiger partial charge in [0.15, 0.2) is 18.9 Å². The lowest BCUT2D eigenvalue weighted by molar-refractivity contribution is -0.379. The lowest BCUT2D eigenvalue weighted by atomic mass is 9.96. The molecule has 0 spiro atoms. The van der Waals surface area contributed by atoms with Crippen molar-refractivity contribution < 1.29 is 89.4 Å². The third-order valence-electron chi connectivity index (χ3n) is 21.3. The van der Waals surface area contributed by atoms with E-state index in [2.05, 4.69) is 19.2 Å². The summed E-state index contributed by atoms with van der Waals surface area (Å²) in [5.74, 6) is -0.268. The van der Waals surface area contributed by atoms with E-state index < -0.39 is 124 Å². The molecular weight excluding hydrogens is 1270 g/mol. The highest BCUT2D eigenvalue weighted by Crippen LogP contribution is 2.33. The first-order chi connectivity index (χ1) is 48.8. The summed E-state index contributed by atoms with van der Waals surface area (Å²) in [6, 6.07) is -0.969. The predicted molar refractivity (Wildman–Crippen MR) is 397 cm³/mol. The SMILES string of the molecule is CCCCCCCCCCCCCC/C=C/C(O)C(COC1OC(CO)C(OC2OC(CO)C(OC3OC(CO)C(O)C(O)C3O)C(O)C2O)C(O)C1O)NC(=O)CCCCCCCCCCCCCCCCCCCCCCCCCCCCCCCCCCCCCCCCCCC. The van der Waals surface area contributed by atoms with Gasteiger partial charge in [-0.1, -0.05) is 353 Å². The maximum atomic E-state index is 13.4. The molecule has 3 aliphatic rings. The molecular formula is C81H155NO18. The van der Waals surface area contributed by atoms with Crippen LogP contribution in [-0.2, 0) is 33.2 Å². The van der Waals surface area contributed by atoms with Crippen LogP contribution >= 0.6 is 0 Å². The Bertz CT molecular complexity index is 1850. The van der Waals surface area contributed by atoms with Crippen molar-refractivity contribution in [3.8, 4) is 0 Å². The molecule has 3 rings (SSSR count). The van der Waals surface area contributed by atoms with E-state index in [0.29, 0.717) is 6.42 Å². The van der Waals surface area contributed by atoms with Crippen molar-refractivity contribution in [2.45, 2.75) is 471 Å². The molecule has 12 N–H and O–H groups in total. The Labute approximate surface area is 607 Å². The van der Waals surface area contributed by atoms with Crippen LogP contribution < -0.4 is 5.32 Å². The number of aliphatic hydroxyl groups excluding tert-OH is 11. The van der Waals surface area contributed by atoms with Crippen LogP contribution in [-0.4, -0.2) is 193 Å². The first-order valence-electron chi connectivity index (χ1n) is 41.9. The Morgan fingerprint density at radius 2 is 0.620 bits per heavy atom. The number of rotatable bonds is 68. The third kappa shape index (κ3) is 42.2. The smallest absolute Gasteiger partial charge is 0.220 e. The number of carbonyl (C=O) groups is 1. The summed E-state index contributed by atoms with van der Waals surface area (Å²) in [5.41, 5.74) is 0. The van der Waals surface area contributed by atoms with E-state index in [-0.39, 0.29) is 18.9 Å². The fourth-order valence-corrected chi connectivity index (χ4v) is 14.6. The molecule has 0 aromatic carbocycles. The van der Waals surface area contributed by atoms with Crippen LogP contribution in [0, 0.1) is 0 Å². The monoisotopic (exact) mass is 1430 g/mol. The zero-order valence-corrected chi connectivity index (χ0v) is 63.5. The van der Waals surface area contributed by atoms with Crippen molar-refractivity contribution in [2.24, 2.45) is 0 Å². The zero-order valence-electron chi connectivity index (χ0n) is 63.5. The minimum absolute atomic E-state index is 0.250. The van der Waals surface area contributed by atoms with Crippen LogP contribution in [0.3, 0.4) is 0 Å². The van der Waals surface area contributed by atoms with Gasteiger partial charge in [-0.25, -0.2) is 0 Å². The molecule has 100 heavy (non-hydrogen) atoms. The number of hydrogen-bond acceptors (Lipinski definition) is 18. The van der Waals surface area contributed by atoms with Gasteiger partial charge in [-0.15, -0.1) is 0 Å². The molecule has 3 fully saturated rings. The normalized spacial score (nSPS) is 26.4. The molecule has 3 saturated heterocycles. The quantitative estimate of drug-likeness (QED) is 0.0199. The van der Waals surface area contributed by atoms with Gasteiger partial charge in [0.05, 0.1) is 38.6 Å². The molecule has 592 valence electrons. The second kappa shape index (κ2) is 62.6. The van der Waals surface area contributed by atoms with E-state index in [4.69, 9.17) is 28.4 Å². The first kappa shape index (κ1) is 92.7. The highest BCUT2D eigenvalue weighted by molar-refractivity contribution is 5.76. The lowest BCUT2D eigenvalue weighted by Crippen LogP contribution is -2.66. The van der Waals surface area contributed by atoms with Crippen molar-refractivity contribution in [3.05, 3.63) is 12.2 Å². The molecule has 0 saturated carbocycles. The van der Waals surface area contributed by atoms with Gasteiger partial charge in [-0.05, 0) is 19.3 Å². The van der Waals surface area contributed by atoms with Crippen LogP contribution in [0.4, 0.5) is 0 Å². The summed E-state index contributed by atoms with van der Waals surface area (Å²) in [7, 11) is 0. The molecule has 0 aromatic heterocycles. The summed E-state index contributed by atoms with van der Waals surface area (Å²) in [5, 5.41) is 121. The Kier molecular flexibility index (Phi) is 58.0. The van der Waals surface area contributed by atoms with E-state index in [9.17, 15) is 61.0 Å². The second-order valence-corrected chi connectivity index (χ2v) is 30.3. The Hall–Kier alpha value is -1.47. The van der Waals surface area contributed by atoms with Crippen molar-refractivity contribution >= 4 is 5.91 Å². The molecule has 0 radical (unpaired) electrons. The second-order valence-electron chi connectivity index (χ2n) is 30.3. The van der Waals surface area contributed by atoms with Crippen LogP contribution in [0.25, 0.3) is 0 Å². The number of aliphatic hydroxyl groups is 11. The van der Waals surface area contributed by atoms with Gasteiger partial charge in [0.1, 0.15) is 73.2 Å². The van der Waals surface area contributed by atoms with Crippen molar-refractivity contribution in [3.63, 3.8) is 0 Å². The summed E-state index contributed by atoms with van der Waals surface area (Å²) in [6.45, 7) is 1.78. The molecule has 19 nitrogen and oxygen atoms in total. The van der Waals surface area contributed by atoms with E-state index in [0.717, 1.165) is 44.9 Å². The Morgan fingerprint density at radius 3 is 0.940 bits per heavy atom. The molecule has 3 heterocycles. The summed E-state index contributed by atoms with van der Waals surface area (Å²) in [6.07, 6.45) is 48.3. The largest absolute Gasteiger partial charge is 0.394 e. The summed E-state index contributed by atoms with van der Waals surface area (Å²) < 4.78 is 34.4. The molecule has 0 bridgehead atoms. The van der Waals surface area contributed by atoms with Gasteiger partial charge in [-0.2, -0.15) is 0 Å². The predicted octanol–water partition coefficient (Wildman–Crippen LogP) is 14.3. The van der Waals surface area contributed by atoms with E-state index in [1.54, 1.807) is 6.08 Å². The van der Waals surface area contributed by atoms with Gasteiger partial charge in [0.2, 0.25) is 5.91 Å². The topological polar surface area (TPSA) is 307 Å². The molecule has 3 aliphatic heterocycles. The average molecular weight is 1430 g/mol. The van der Waals surface area contributed by atoms with Crippen molar-refractivity contribution in [1.29, 1.82) is 0 Å². The molecule has 0 aliphatic carbocycles. The summed E-state index contributed by atoms with van der Waals surface area (Å²) >= 11 is 0. The van der Waals surface area contributed by atoms with Gasteiger partial charge >= 0.3 is 0 Å². The number of ether oxygens (including phenoxy) is 6. The molecule has 0 aromatic rings. The first-order valence-corrected chi connectivity index (χ1v) is 41.9. The molecule has 19 heteroatoms. The number of carbonyl (C=O) groups excluding carboxylic acids is 1. The lowest BCUT2D eigenvalue weighted by Gasteiger charge is -2.48. The molecule has 17 atom stereocenters. The van der Waals surface area contributed by atoms with Gasteiger partial charge < -0.3 is 89.9 Å². The average Bonchev–Trinajstić information content (AvgIpc) is 0.784. The van der Waals surface area contributed by atoms with Gasteiger partial charge in [-0.3, -0.25) is 4.79 Å². The van der Waals surface area contributed by atoms with Crippen LogP contribution in [0.1, 0.15) is 367 Å². The fraction of sp³-hybridized carbons (Fsp3) is 0.963. The third-order valence-corrected chi connectivity index (χ3v) is 21.3. The van der Waals surface area contributed by atoms with E-state index in [1.807, 2.05) is 6.08 Å². The number of hydrogen-bond donors (Lipinski definition) is 12. The Balaban J connectivity index is 1.26. The maximum absolute atomic E-state index is 13.4. The van der Waals surface area contributed by atoms with E-state index in [1.165, 1.54) is 295 Å². The van der Waals surface area contributed by atoms with Crippen LogP contribution in [0.2, 0.25) is 0 Å². The highest BCUT2D eigenvalue weighted by atomic mass is 16.8. The van der Waals surface area contributed by atoms with Gasteiger partial charge in [0.25, 0.3) is 0 Å². The summed E-state index contributed by atoms with van der Waals surface area (Å²) in [4.78, 5) is 13.4. The van der Waals surface area contributed by atoms with Gasteiger partial charge in [0, 0.05) is 6.42 Å². The molecule has 17 unspecified atom stereocenters. The maximum Gasteiger partial charge on any atom is 0.220 e.